The van der Waals surface area contributed by atoms with Crippen LogP contribution in [0.5, 0.6) is 0 Å². The van der Waals surface area contributed by atoms with Gasteiger partial charge in [0, 0.05) is 19.6 Å². The Morgan fingerprint density at radius 3 is 2.70 bits per heavy atom. The molecular formula is C16H21FN2O4. The zero-order valence-electron chi connectivity index (χ0n) is 12.8. The van der Waals surface area contributed by atoms with Crippen LogP contribution >= 0.6 is 0 Å². The highest BCUT2D eigenvalue weighted by atomic mass is 19.1. The van der Waals surface area contributed by atoms with Gasteiger partial charge in [-0.2, -0.15) is 0 Å². The third-order valence-electron chi connectivity index (χ3n) is 3.71. The summed E-state index contributed by atoms with van der Waals surface area (Å²) in [5, 5.41) is 14.0. The predicted octanol–water partition coefficient (Wildman–Crippen LogP) is 2.21. The Hall–Kier alpha value is -2.15. The molecule has 0 aliphatic carbocycles. The number of hydrogen-bond acceptors (Lipinski definition) is 3. The average Bonchev–Trinajstić information content (AvgIpc) is 3.04. The lowest BCUT2D eigenvalue weighted by Crippen LogP contribution is -2.42. The van der Waals surface area contributed by atoms with Gasteiger partial charge >= 0.3 is 12.0 Å². The molecule has 1 heterocycles. The second-order valence-corrected chi connectivity index (χ2v) is 5.48. The Balaban J connectivity index is 1.93. The molecule has 0 aromatic heterocycles. The standard InChI is InChI=1S/C16H21FN2O4/c17-12-7-5-11(6-8-12)15(13-3-2-10-23-13)19-16(22)18-9-1-4-14(20)21/h5-8,13,15H,1-4,9-10H2,(H,20,21)(H2,18,19,22). The summed E-state index contributed by atoms with van der Waals surface area (Å²) in [5.74, 6) is -1.23. The largest absolute Gasteiger partial charge is 0.481 e. The van der Waals surface area contributed by atoms with Crippen LogP contribution in [0.25, 0.3) is 0 Å². The van der Waals surface area contributed by atoms with Crippen molar-refractivity contribution in [3.8, 4) is 0 Å². The SMILES string of the molecule is O=C(O)CCCNC(=O)NC(c1ccc(F)cc1)C1CCCO1. The number of hydrogen-bond donors (Lipinski definition) is 3. The predicted molar refractivity (Wildman–Crippen MR) is 81.5 cm³/mol. The summed E-state index contributed by atoms with van der Waals surface area (Å²) < 4.78 is 18.7. The summed E-state index contributed by atoms with van der Waals surface area (Å²) in [4.78, 5) is 22.4. The first-order valence-corrected chi connectivity index (χ1v) is 7.69. The number of carbonyl (C=O) groups is 2. The molecule has 2 atom stereocenters. The third-order valence-corrected chi connectivity index (χ3v) is 3.71. The van der Waals surface area contributed by atoms with E-state index in [1.807, 2.05) is 0 Å². The van der Waals surface area contributed by atoms with Gasteiger partial charge in [0.1, 0.15) is 5.82 Å². The van der Waals surface area contributed by atoms with Gasteiger partial charge in [0.05, 0.1) is 12.1 Å². The molecule has 126 valence electrons. The highest BCUT2D eigenvalue weighted by Crippen LogP contribution is 2.27. The van der Waals surface area contributed by atoms with Crippen LogP contribution in [-0.2, 0) is 9.53 Å². The third kappa shape index (κ3) is 5.52. The molecule has 1 aliphatic heterocycles. The Morgan fingerprint density at radius 1 is 1.35 bits per heavy atom. The van der Waals surface area contributed by atoms with Gasteiger partial charge in [-0.25, -0.2) is 9.18 Å². The van der Waals surface area contributed by atoms with Crippen molar-refractivity contribution in [3.05, 3.63) is 35.6 Å². The first-order chi connectivity index (χ1) is 11.1. The van der Waals surface area contributed by atoms with E-state index in [0.29, 0.717) is 13.0 Å². The van der Waals surface area contributed by atoms with E-state index in [9.17, 15) is 14.0 Å². The van der Waals surface area contributed by atoms with Crippen LogP contribution in [-0.4, -0.2) is 36.4 Å². The maximum atomic E-state index is 13.1. The molecule has 2 rings (SSSR count). The van der Waals surface area contributed by atoms with Gasteiger partial charge in [0.15, 0.2) is 0 Å². The fraction of sp³-hybridized carbons (Fsp3) is 0.500. The number of amides is 2. The lowest BCUT2D eigenvalue weighted by Gasteiger charge is -2.25. The maximum absolute atomic E-state index is 13.1. The van der Waals surface area contributed by atoms with Crippen LogP contribution in [0, 0.1) is 5.82 Å². The van der Waals surface area contributed by atoms with Crippen LogP contribution in [0.15, 0.2) is 24.3 Å². The second-order valence-electron chi connectivity index (χ2n) is 5.48. The molecule has 0 spiro atoms. The van der Waals surface area contributed by atoms with Crippen molar-refractivity contribution in [2.45, 2.75) is 37.8 Å². The molecule has 1 saturated heterocycles. The van der Waals surface area contributed by atoms with Gasteiger partial charge in [0.25, 0.3) is 0 Å². The number of carboxylic acids is 1. The van der Waals surface area contributed by atoms with E-state index in [1.54, 1.807) is 12.1 Å². The molecule has 3 N–H and O–H groups in total. The molecule has 0 radical (unpaired) electrons. The van der Waals surface area contributed by atoms with Crippen molar-refractivity contribution in [2.24, 2.45) is 0 Å². The zero-order valence-corrected chi connectivity index (χ0v) is 12.8. The van der Waals surface area contributed by atoms with Gasteiger partial charge in [0.2, 0.25) is 0 Å². The van der Waals surface area contributed by atoms with Gasteiger partial charge < -0.3 is 20.5 Å². The molecule has 1 aliphatic rings. The number of aliphatic carboxylic acids is 1. The number of rotatable bonds is 7. The minimum atomic E-state index is -0.893. The normalized spacial score (nSPS) is 18.4. The highest BCUT2D eigenvalue weighted by Gasteiger charge is 2.28. The molecule has 0 bridgehead atoms. The number of halogens is 1. The molecule has 6 nitrogen and oxygen atoms in total. The summed E-state index contributed by atoms with van der Waals surface area (Å²) in [6.07, 6.45) is 1.97. The van der Waals surface area contributed by atoms with E-state index >= 15 is 0 Å². The summed E-state index contributed by atoms with van der Waals surface area (Å²) in [5.41, 5.74) is 0.777. The fourth-order valence-corrected chi connectivity index (χ4v) is 2.56. The molecule has 0 saturated carbocycles. The van der Waals surface area contributed by atoms with Gasteiger partial charge in [-0.1, -0.05) is 12.1 Å². The van der Waals surface area contributed by atoms with Gasteiger partial charge in [-0.15, -0.1) is 0 Å². The quantitative estimate of drug-likeness (QED) is 0.671. The highest BCUT2D eigenvalue weighted by molar-refractivity contribution is 5.74. The first kappa shape index (κ1) is 17.2. The van der Waals surface area contributed by atoms with Gasteiger partial charge in [-0.05, 0) is 37.0 Å². The lowest BCUT2D eigenvalue weighted by molar-refractivity contribution is -0.137. The van der Waals surface area contributed by atoms with Crippen LogP contribution in [0.4, 0.5) is 9.18 Å². The van der Waals surface area contributed by atoms with Crippen molar-refractivity contribution >= 4 is 12.0 Å². The monoisotopic (exact) mass is 324 g/mol. The summed E-state index contributed by atoms with van der Waals surface area (Å²) in [6.45, 7) is 0.921. The smallest absolute Gasteiger partial charge is 0.315 e. The zero-order chi connectivity index (χ0) is 16.7. The van der Waals surface area contributed by atoms with E-state index < -0.39 is 5.97 Å². The lowest BCUT2D eigenvalue weighted by atomic mass is 9.99. The topological polar surface area (TPSA) is 87.7 Å². The molecule has 1 aromatic rings. The Bertz CT molecular complexity index is 529. The van der Waals surface area contributed by atoms with E-state index in [-0.39, 0.29) is 37.0 Å². The van der Waals surface area contributed by atoms with Crippen molar-refractivity contribution < 1.29 is 23.8 Å². The number of urea groups is 1. The van der Waals surface area contributed by atoms with Crippen LogP contribution in [0.1, 0.15) is 37.3 Å². The van der Waals surface area contributed by atoms with Crippen molar-refractivity contribution in [3.63, 3.8) is 0 Å². The fourth-order valence-electron chi connectivity index (χ4n) is 2.56. The average molecular weight is 324 g/mol. The summed E-state index contributed by atoms with van der Waals surface area (Å²) in [6, 6.07) is 5.21. The molecule has 2 amide bonds. The number of ether oxygens (including phenoxy) is 1. The molecule has 2 unspecified atom stereocenters. The number of carboxylic acid groups (broad SMARTS) is 1. The van der Waals surface area contributed by atoms with Crippen molar-refractivity contribution in [2.75, 3.05) is 13.2 Å². The van der Waals surface area contributed by atoms with Crippen LogP contribution < -0.4 is 10.6 Å². The molecular weight excluding hydrogens is 303 g/mol. The number of benzene rings is 1. The first-order valence-electron chi connectivity index (χ1n) is 7.69. The summed E-state index contributed by atoms with van der Waals surface area (Å²) in [7, 11) is 0. The van der Waals surface area contributed by atoms with Crippen molar-refractivity contribution in [1.29, 1.82) is 0 Å². The maximum Gasteiger partial charge on any atom is 0.315 e. The number of carbonyl (C=O) groups excluding carboxylic acids is 1. The Labute approximate surface area is 134 Å². The molecule has 1 fully saturated rings. The minimum absolute atomic E-state index is 0.00735. The summed E-state index contributed by atoms with van der Waals surface area (Å²) >= 11 is 0. The second kappa shape index (κ2) is 8.47. The number of nitrogens with one attached hydrogen (secondary N) is 2. The minimum Gasteiger partial charge on any atom is -0.481 e. The van der Waals surface area contributed by atoms with Crippen LogP contribution in [0.2, 0.25) is 0 Å². The van der Waals surface area contributed by atoms with E-state index in [2.05, 4.69) is 10.6 Å². The van der Waals surface area contributed by atoms with E-state index in [1.165, 1.54) is 12.1 Å². The molecule has 7 heteroatoms. The van der Waals surface area contributed by atoms with Crippen LogP contribution in [0.3, 0.4) is 0 Å². The van der Waals surface area contributed by atoms with Crippen molar-refractivity contribution in [1.82, 2.24) is 10.6 Å². The van der Waals surface area contributed by atoms with E-state index in [4.69, 9.17) is 9.84 Å². The Morgan fingerprint density at radius 2 is 2.09 bits per heavy atom. The van der Waals surface area contributed by atoms with Gasteiger partial charge in [-0.3, -0.25) is 4.79 Å². The molecule has 1 aromatic carbocycles. The van der Waals surface area contributed by atoms with E-state index in [0.717, 1.165) is 18.4 Å². The Kier molecular flexibility index (Phi) is 6.34. The molecule has 23 heavy (non-hydrogen) atoms.